The van der Waals surface area contributed by atoms with E-state index < -0.39 is 0 Å². The first-order valence-corrected chi connectivity index (χ1v) is 7.46. The van der Waals surface area contributed by atoms with Gasteiger partial charge in [-0.3, -0.25) is 4.79 Å². The molecule has 18 heavy (non-hydrogen) atoms. The van der Waals surface area contributed by atoms with Gasteiger partial charge >= 0.3 is 0 Å². The molecule has 0 aliphatic heterocycles. The summed E-state index contributed by atoms with van der Waals surface area (Å²) in [5, 5.41) is 2.97. The predicted octanol–water partition coefficient (Wildman–Crippen LogP) is 3.16. The minimum Gasteiger partial charge on any atom is -0.351 e. The molecule has 2 rings (SSSR count). The van der Waals surface area contributed by atoms with Crippen molar-refractivity contribution in [3.8, 4) is 12.3 Å². The van der Waals surface area contributed by atoms with Crippen LogP contribution in [0.15, 0.2) is 6.07 Å². The summed E-state index contributed by atoms with van der Waals surface area (Å²) >= 11 is 1.67. The van der Waals surface area contributed by atoms with Crippen LogP contribution in [0.5, 0.6) is 0 Å². The van der Waals surface area contributed by atoms with Gasteiger partial charge in [0.2, 0.25) is 0 Å². The van der Waals surface area contributed by atoms with Crippen LogP contribution in [0, 0.1) is 12.3 Å². The van der Waals surface area contributed by atoms with E-state index in [-0.39, 0.29) is 5.91 Å². The second kappa shape index (κ2) is 6.61. The van der Waals surface area contributed by atoms with Gasteiger partial charge in [0.05, 0.1) is 4.88 Å². The Labute approximate surface area is 113 Å². The number of amides is 1. The van der Waals surface area contributed by atoms with E-state index in [0.717, 1.165) is 43.5 Å². The number of hydrogen-bond acceptors (Lipinski definition) is 2. The lowest BCUT2D eigenvalue weighted by Gasteiger charge is -2.08. The minimum absolute atomic E-state index is 0.0788. The Morgan fingerprint density at radius 1 is 1.39 bits per heavy atom. The molecule has 3 heteroatoms. The Kier molecular flexibility index (Phi) is 4.83. The van der Waals surface area contributed by atoms with Crippen molar-refractivity contribution in [2.45, 2.75) is 44.9 Å². The number of terminal acetylenes is 1. The molecule has 2 nitrogen and oxygen atoms in total. The summed E-state index contributed by atoms with van der Waals surface area (Å²) in [7, 11) is 0. The van der Waals surface area contributed by atoms with Gasteiger partial charge in [0.15, 0.2) is 0 Å². The molecule has 0 spiro atoms. The molecule has 0 radical (unpaired) electrons. The van der Waals surface area contributed by atoms with E-state index in [1.165, 1.54) is 23.3 Å². The fraction of sp³-hybridized carbons (Fsp3) is 0.533. The van der Waals surface area contributed by atoms with E-state index >= 15 is 0 Å². The number of thiophene rings is 1. The monoisotopic (exact) mass is 261 g/mol. The third-order valence-electron chi connectivity index (χ3n) is 3.25. The largest absolute Gasteiger partial charge is 0.351 e. The quantitative estimate of drug-likeness (QED) is 0.640. The first kappa shape index (κ1) is 13.2. The van der Waals surface area contributed by atoms with Crippen LogP contribution in [0.1, 0.15) is 52.2 Å². The SMILES string of the molecule is C#CCCCCNC(=O)c1cc2c(s1)CCCC2. The third-order valence-corrected chi connectivity index (χ3v) is 4.49. The Morgan fingerprint density at radius 3 is 3.00 bits per heavy atom. The molecule has 0 saturated heterocycles. The molecular formula is C15H19NOS. The maximum Gasteiger partial charge on any atom is 0.261 e. The average Bonchev–Trinajstić information content (AvgIpc) is 2.82. The fourth-order valence-corrected chi connectivity index (χ4v) is 3.41. The first-order valence-electron chi connectivity index (χ1n) is 6.64. The first-order chi connectivity index (χ1) is 8.81. The lowest BCUT2D eigenvalue weighted by Crippen LogP contribution is -2.23. The molecule has 1 amide bonds. The van der Waals surface area contributed by atoms with Crippen LogP contribution in [-0.2, 0) is 12.8 Å². The van der Waals surface area contributed by atoms with Crippen molar-refractivity contribution < 1.29 is 4.79 Å². The normalized spacial score (nSPS) is 13.7. The summed E-state index contributed by atoms with van der Waals surface area (Å²) in [6, 6.07) is 2.08. The van der Waals surface area contributed by atoms with E-state index in [4.69, 9.17) is 6.42 Å². The molecular weight excluding hydrogens is 242 g/mol. The maximum absolute atomic E-state index is 12.0. The smallest absolute Gasteiger partial charge is 0.261 e. The Bertz CT molecular complexity index is 432. The molecule has 0 fully saturated rings. The molecule has 0 unspecified atom stereocenters. The van der Waals surface area contributed by atoms with Crippen molar-refractivity contribution in [2.24, 2.45) is 0 Å². The fourth-order valence-electron chi connectivity index (χ4n) is 2.24. The molecule has 1 aliphatic carbocycles. The van der Waals surface area contributed by atoms with Gasteiger partial charge in [-0.15, -0.1) is 23.7 Å². The van der Waals surface area contributed by atoms with Crippen molar-refractivity contribution in [3.05, 3.63) is 21.4 Å². The molecule has 0 bridgehead atoms. The van der Waals surface area contributed by atoms with Crippen LogP contribution in [-0.4, -0.2) is 12.5 Å². The van der Waals surface area contributed by atoms with Gasteiger partial charge in [-0.1, -0.05) is 0 Å². The van der Waals surface area contributed by atoms with Crippen molar-refractivity contribution >= 4 is 17.2 Å². The maximum atomic E-state index is 12.0. The number of nitrogens with one attached hydrogen (secondary N) is 1. The van der Waals surface area contributed by atoms with Gasteiger partial charge in [0.1, 0.15) is 0 Å². The van der Waals surface area contributed by atoms with Crippen molar-refractivity contribution in [2.75, 3.05) is 6.54 Å². The van der Waals surface area contributed by atoms with Crippen LogP contribution in [0.2, 0.25) is 0 Å². The molecule has 1 aliphatic rings. The molecule has 1 N–H and O–H groups in total. The number of carbonyl (C=O) groups is 1. The molecule has 1 aromatic heterocycles. The second-order valence-electron chi connectivity index (χ2n) is 4.68. The molecule has 96 valence electrons. The zero-order valence-corrected chi connectivity index (χ0v) is 11.4. The van der Waals surface area contributed by atoms with Crippen molar-refractivity contribution in [1.82, 2.24) is 5.32 Å². The highest BCUT2D eigenvalue weighted by Crippen LogP contribution is 2.29. The third kappa shape index (κ3) is 3.36. The van der Waals surface area contributed by atoms with Gasteiger partial charge in [-0.25, -0.2) is 0 Å². The van der Waals surface area contributed by atoms with Gasteiger partial charge in [-0.2, -0.15) is 0 Å². The van der Waals surface area contributed by atoms with Gasteiger partial charge in [0.25, 0.3) is 5.91 Å². The minimum atomic E-state index is 0.0788. The van der Waals surface area contributed by atoms with Crippen LogP contribution in [0.3, 0.4) is 0 Å². The molecule has 0 saturated carbocycles. The van der Waals surface area contributed by atoms with Crippen LogP contribution < -0.4 is 5.32 Å². The van der Waals surface area contributed by atoms with Gasteiger partial charge in [0, 0.05) is 17.8 Å². The zero-order valence-electron chi connectivity index (χ0n) is 10.6. The molecule has 0 aromatic carbocycles. The molecule has 0 atom stereocenters. The zero-order chi connectivity index (χ0) is 12.8. The van der Waals surface area contributed by atoms with E-state index in [1.54, 1.807) is 11.3 Å². The summed E-state index contributed by atoms with van der Waals surface area (Å²) in [5.74, 6) is 2.69. The summed E-state index contributed by atoms with van der Waals surface area (Å²) < 4.78 is 0. The summed E-state index contributed by atoms with van der Waals surface area (Å²) in [6.07, 6.45) is 12.7. The Hall–Kier alpha value is -1.27. The molecule has 1 heterocycles. The number of aryl methyl sites for hydroxylation is 2. The standard InChI is InChI=1S/C15H19NOS/c1-2-3-4-7-10-16-15(17)14-11-12-8-5-6-9-13(12)18-14/h1,11H,3-10H2,(H,16,17). The van der Waals surface area contributed by atoms with Crippen molar-refractivity contribution in [3.63, 3.8) is 0 Å². The number of rotatable bonds is 5. The van der Waals surface area contributed by atoms with Gasteiger partial charge < -0.3 is 5.32 Å². The lowest BCUT2D eigenvalue weighted by atomic mass is 9.99. The topological polar surface area (TPSA) is 29.1 Å². The van der Waals surface area contributed by atoms with Gasteiger partial charge in [-0.05, 0) is 50.2 Å². The summed E-state index contributed by atoms with van der Waals surface area (Å²) in [4.78, 5) is 14.2. The Morgan fingerprint density at radius 2 is 2.22 bits per heavy atom. The number of fused-ring (bicyclic) bond motifs is 1. The molecule has 1 aromatic rings. The van der Waals surface area contributed by atoms with E-state index in [2.05, 4.69) is 17.3 Å². The van der Waals surface area contributed by atoms with Crippen LogP contribution >= 0.6 is 11.3 Å². The summed E-state index contributed by atoms with van der Waals surface area (Å²) in [6.45, 7) is 0.725. The van der Waals surface area contributed by atoms with E-state index in [0.29, 0.717) is 0 Å². The average molecular weight is 261 g/mol. The van der Waals surface area contributed by atoms with E-state index in [9.17, 15) is 4.79 Å². The number of carbonyl (C=O) groups excluding carboxylic acids is 1. The van der Waals surface area contributed by atoms with Crippen LogP contribution in [0.25, 0.3) is 0 Å². The predicted molar refractivity (Wildman–Crippen MR) is 76.0 cm³/mol. The highest BCUT2D eigenvalue weighted by molar-refractivity contribution is 7.14. The highest BCUT2D eigenvalue weighted by atomic mass is 32.1. The number of unbranched alkanes of at least 4 members (excludes halogenated alkanes) is 2. The lowest BCUT2D eigenvalue weighted by molar-refractivity contribution is 0.0957. The second-order valence-corrected chi connectivity index (χ2v) is 5.82. The Balaban J connectivity index is 1.82. The van der Waals surface area contributed by atoms with E-state index in [1.807, 2.05) is 0 Å². The van der Waals surface area contributed by atoms with Crippen molar-refractivity contribution in [1.29, 1.82) is 0 Å². The number of hydrogen-bond donors (Lipinski definition) is 1. The highest BCUT2D eigenvalue weighted by Gasteiger charge is 2.16. The van der Waals surface area contributed by atoms with Crippen LogP contribution in [0.4, 0.5) is 0 Å². The summed E-state index contributed by atoms with van der Waals surface area (Å²) in [5.41, 5.74) is 1.39.